The zero-order chi connectivity index (χ0) is 26.4. The number of imide groups is 1. The summed E-state index contributed by atoms with van der Waals surface area (Å²) < 4.78 is 10.4. The molecule has 0 saturated carbocycles. The van der Waals surface area contributed by atoms with Crippen molar-refractivity contribution in [3.8, 4) is 0 Å². The van der Waals surface area contributed by atoms with Crippen LogP contribution >= 0.6 is 0 Å². The van der Waals surface area contributed by atoms with E-state index in [1.807, 2.05) is 13.8 Å². The van der Waals surface area contributed by atoms with Gasteiger partial charge in [0.15, 0.2) is 0 Å². The Morgan fingerprint density at radius 2 is 1.51 bits per heavy atom. The summed E-state index contributed by atoms with van der Waals surface area (Å²) in [6.45, 7) is 7.70. The SMILES string of the molecule is CCCCOC(=O)c1ccc(N2C(=O)C[C@@H](N3CCC(C4CCN(C(=O)OCC)CC4)CC3)C2=O)cc1. The van der Waals surface area contributed by atoms with E-state index in [1.54, 1.807) is 29.2 Å². The smallest absolute Gasteiger partial charge is 0.409 e. The van der Waals surface area contributed by atoms with E-state index in [2.05, 4.69) is 4.90 Å². The Morgan fingerprint density at radius 1 is 0.892 bits per heavy atom. The molecule has 1 aromatic rings. The number of hydrogen-bond donors (Lipinski definition) is 0. The third kappa shape index (κ3) is 6.32. The van der Waals surface area contributed by atoms with Gasteiger partial charge in [-0.2, -0.15) is 0 Å². The fourth-order valence-electron chi connectivity index (χ4n) is 5.78. The van der Waals surface area contributed by atoms with E-state index in [1.165, 1.54) is 4.90 Å². The molecule has 37 heavy (non-hydrogen) atoms. The fourth-order valence-corrected chi connectivity index (χ4v) is 5.78. The minimum Gasteiger partial charge on any atom is -0.462 e. The molecule has 0 spiro atoms. The van der Waals surface area contributed by atoms with Crippen molar-refractivity contribution >= 4 is 29.6 Å². The van der Waals surface area contributed by atoms with Crippen LogP contribution < -0.4 is 4.90 Å². The van der Waals surface area contributed by atoms with E-state index in [9.17, 15) is 19.2 Å². The third-order valence-electron chi connectivity index (χ3n) is 7.96. The first kappa shape index (κ1) is 27.1. The zero-order valence-electron chi connectivity index (χ0n) is 22.0. The molecule has 0 aromatic heterocycles. The van der Waals surface area contributed by atoms with Gasteiger partial charge in [-0.05, 0) is 88.2 Å². The highest BCUT2D eigenvalue weighted by molar-refractivity contribution is 6.22. The third-order valence-corrected chi connectivity index (χ3v) is 7.96. The Labute approximate surface area is 219 Å². The van der Waals surface area contributed by atoms with Crippen LogP contribution in [-0.2, 0) is 19.1 Å². The number of esters is 1. The van der Waals surface area contributed by atoms with Crippen molar-refractivity contribution in [3.05, 3.63) is 29.8 Å². The summed E-state index contributed by atoms with van der Waals surface area (Å²) in [4.78, 5) is 55.4. The molecule has 202 valence electrons. The van der Waals surface area contributed by atoms with Crippen LogP contribution in [-0.4, -0.2) is 79.1 Å². The maximum Gasteiger partial charge on any atom is 0.409 e. The molecule has 3 heterocycles. The van der Waals surface area contributed by atoms with E-state index < -0.39 is 12.0 Å². The number of benzene rings is 1. The van der Waals surface area contributed by atoms with Crippen LogP contribution in [0, 0.1) is 11.8 Å². The highest BCUT2D eigenvalue weighted by atomic mass is 16.6. The number of likely N-dealkylation sites (tertiary alicyclic amines) is 2. The summed E-state index contributed by atoms with van der Waals surface area (Å²) in [5, 5.41) is 0. The van der Waals surface area contributed by atoms with Crippen molar-refractivity contribution in [2.45, 2.75) is 64.8 Å². The van der Waals surface area contributed by atoms with E-state index in [4.69, 9.17) is 9.47 Å². The Bertz CT molecular complexity index is 965. The minimum absolute atomic E-state index is 0.183. The summed E-state index contributed by atoms with van der Waals surface area (Å²) in [6.07, 6.45) is 5.69. The zero-order valence-corrected chi connectivity index (χ0v) is 22.0. The molecule has 0 aliphatic carbocycles. The van der Waals surface area contributed by atoms with Crippen LogP contribution in [0.1, 0.15) is 69.2 Å². The van der Waals surface area contributed by atoms with Crippen molar-refractivity contribution in [2.75, 3.05) is 44.3 Å². The van der Waals surface area contributed by atoms with Crippen LogP contribution in [0.5, 0.6) is 0 Å². The molecule has 4 rings (SSSR count). The van der Waals surface area contributed by atoms with Gasteiger partial charge in [-0.1, -0.05) is 13.3 Å². The standard InChI is InChI=1S/C28H39N3O6/c1-3-5-18-37-27(34)22-6-8-23(9-7-22)31-25(32)19-24(26(31)33)29-14-10-20(11-15-29)21-12-16-30(17-13-21)28(35)36-4-2/h6-9,20-21,24H,3-5,10-19H2,1-2H3/t24-/m1/s1. The number of rotatable bonds is 8. The molecule has 3 saturated heterocycles. The highest BCUT2D eigenvalue weighted by Gasteiger charge is 2.44. The quantitative estimate of drug-likeness (QED) is 0.296. The van der Waals surface area contributed by atoms with Gasteiger partial charge >= 0.3 is 12.1 Å². The first-order valence-corrected chi connectivity index (χ1v) is 13.7. The Kier molecular flexibility index (Phi) is 9.18. The average molecular weight is 514 g/mol. The van der Waals surface area contributed by atoms with Crippen LogP contribution in [0.3, 0.4) is 0 Å². The molecule has 3 aliphatic heterocycles. The van der Waals surface area contributed by atoms with Crippen molar-refractivity contribution < 1.29 is 28.7 Å². The Hall–Kier alpha value is -2.94. The van der Waals surface area contributed by atoms with Crippen molar-refractivity contribution in [1.29, 1.82) is 0 Å². The lowest BCUT2D eigenvalue weighted by molar-refractivity contribution is -0.123. The molecule has 0 bridgehead atoms. The van der Waals surface area contributed by atoms with E-state index in [0.717, 1.165) is 64.7 Å². The second-order valence-electron chi connectivity index (χ2n) is 10.2. The summed E-state index contributed by atoms with van der Waals surface area (Å²) >= 11 is 0. The summed E-state index contributed by atoms with van der Waals surface area (Å²) in [7, 11) is 0. The van der Waals surface area contributed by atoms with Gasteiger partial charge in [-0.25, -0.2) is 14.5 Å². The van der Waals surface area contributed by atoms with Crippen LogP contribution in [0.25, 0.3) is 0 Å². The van der Waals surface area contributed by atoms with Crippen LogP contribution in [0.15, 0.2) is 24.3 Å². The summed E-state index contributed by atoms with van der Waals surface area (Å²) in [5.74, 6) is 0.364. The second-order valence-corrected chi connectivity index (χ2v) is 10.2. The maximum atomic E-state index is 13.3. The largest absolute Gasteiger partial charge is 0.462 e. The van der Waals surface area contributed by atoms with Crippen molar-refractivity contribution in [3.63, 3.8) is 0 Å². The van der Waals surface area contributed by atoms with Crippen molar-refractivity contribution in [1.82, 2.24) is 9.80 Å². The predicted octanol–water partition coefficient (Wildman–Crippen LogP) is 3.86. The highest BCUT2D eigenvalue weighted by Crippen LogP contribution is 2.35. The average Bonchev–Trinajstić information content (AvgIpc) is 3.22. The van der Waals surface area contributed by atoms with Gasteiger partial charge in [0.05, 0.1) is 36.9 Å². The maximum absolute atomic E-state index is 13.3. The molecular weight excluding hydrogens is 474 g/mol. The number of carbonyl (C=O) groups is 4. The van der Waals surface area contributed by atoms with Gasteiger partial charge in [0, 0.05) is 13.1 Å². The lowest BCUT2D eigenvalue weighted by Gasteiger charge is -2.41. The number of hydrogen-bond acceptors (Lipinski definition) is 7. The summed E-state index contributed by atoms with van der Waals surface area (Å²) in [5.41, 5.74) is 0.900. The van der Waals surface area contributed by atoms with Gasteiger partial charge in [0.1, 0.15) is 0 Å². The lowest BCUT2D eigenvalue weighted by Crippen LogP contribution is -2.48. The van der Waals surface area contributed by atoms with Crippen LogP contribution in [0.2, 0.25) is 0 Å². The molecule has 9 heteroatoms. The molecule has 3 aliphatic rings. The molecule has 0 unspecified atom stereocenters. The molecule has 3 fully saturated rings. The van der Waals surface area contributed by atoms with E-state index in [-0.39, 0.29) is 24.3 Å². The minimum atomic E-state index is -0.433. The number of unbranched alkanes of at least 4 members (excludes halogenated alkanes) is 1. The molecule has 3 amide bonds. The number of ether oxygens (including phenoxy) is 2. The molecular formula is C28H39N3O6. The Balaban J connectivity index is 1.28. The predicted molar refractivity (Wildman–Crippen MR) is 138 cm³/mol. The number of amides is 3. The van der Waals surface area contributed by atoms with E-state index >= 15 is 0 Å². The van der Waals surface area contributed by atoms with Gasteiger partial charge in [0.2, 0.25) is 5.91 Å². The van der Waals surface area contributed by atoms with Gasteiger partial charge in [-0.3, -0.25) is 14.5 Å². The first-order valence-electron chi connectivity index (χ1n) is 13.7. The number of piperidine rings is 2. The van der Waals surface area contributed by atoms with Gasteiger partial charge in [0.25, 0.3) is 5.91 Å². The number of nitrogens with zero attached hydrogens (tertiary/aromatic N) is 3. The lowest BCUT2D eigenvalue weighted by atomic mass is 9.78. The first-order chi connectivity index (χ1) is 17.9. The topological polar surface area (TPSA) is 96.5 Å². The summed E-state index contributed by atoms with van der Waals surface area (Å²) in [6, 6.07) is 6.07. The van der Waals surface area contributed by atoms with Crippen LogP contribution in [0.4, 0.5) is 10.5 Å². The second kappa shape index (κ2) is 12.5. The Morgan fingerprint density at radius 3 is 2.11 bits per heavy atom. The molecule has 9 nitrogen and oxygen atoms in total. The normalized spacial score (nSPS) is 21.9. The van der Waals surface area contributed by atoms with Crippen molar-refractivity contribution in [2.24, 2.45) is 11.8 Å². The van der Waals surface area contributed by atoms with Gasteiger partial charge in [-0.15, -0.1) is 0 Å². The molecule has 1 aromatic carbocycles. The monoisotopic (exact) mass is 513 g/mol. The number of anilines is 1. The number of carbonyl (C=O) groups excluding carboxylic acids is 4. The van der Waals surface area contributed by atoms with Gasteiger partial charge < -0.3 is 14.4 Å². The molecule has 1 atom stereocenters. The fraction of sp³-hybridized carbons (Fsp3) is 0.643. The van der Waals surface area contributed by atoms with E-state index in [0.29, 0.717) is 36.3 Å². The molecule has 0 N–H and O–H groups in total. The molecule has 0 radical (unpaired) electrons.